The molecule has 6 nitrogen and oxygen atoms in total. The van der Waals surface area contributed by atoms with Gasteiger partial charge in [-0.1, -0.05) is 12.1 Å². The quantitative estimate of drug-likeness (QED) is 0.751. The van der Waals surface area contributed by atoms with Crippen LogP contribution in [-0.2, 0) is 22.4 Å². The van der Waals surface area contributed by atoms with E-state index >= 15 is 0 Å². The zero-order valence-electron chi connectivity index (χ0n) is 12.6. The van der Waals surface area contributed by atoms with Crippen LogP contribution < -0.4 is 10.6 Å². The highest BCUT2D eigenvalue weighted by Crippen LogP contribution is 2.13. The van der Waals surface area contributed by atoms with Gasteiger partial charge in [-0.3, -0.25) is 14.0 Å². The summed E-state index contributed by atoms with van der Waals surface area (Å²) in [5, 5.41) is 7.37. The highest BCUT2D eigenvalue weighted by Gasteiger charge is 2.09. The molecule has 7 heteroatoms. The van der Waals surface area contributed by atoms with E-state index in [0.717, 1.165) is 16.2 Å². The lowest BCUT2D eigenvalue weighted by molar-refractivity contribution is -0.120. The van der Waals surface area contributed by atoms with E-state index < -0.39 is 0 Å². The number of hydrogen-bond acceptors (Lipinski definition) is 4. The van der Waals surface area contributed by atoms with Gasteiger partial charge in [0.15, 0.2) is 4.96 Å². The molecule has 0 radical (unpaired) electrons. The minimum Gasteiger partial charge on any atom is -0.359 e. The van der Waals surface area contributed by atoms with Crippen LogP contribution >= 0.6 is 11.3 Å². The predicted octanol–water partition coefficient (Wildman–Crippen LogP) is 1.87. The molecule has 2 heterocycles. The number of thiazole rings is 1. The minimum absolute atomic E-state index is 0.0402. The van der Waals surface area contributed by atoms with Gasteiger partial charge in [0.05, 0.1) is 18.5 Å². The summed E-state index contributed by atoms with van der Waals surface area (Å²) in [4.78, 5) is 28.6. The van der Waals surface area contributed by atoms with Crippen LogP contribution in [0, 0.1) is 0 Å². The number of fused-ring (bicyclic) bond motifs is 1. The molecule has 0 unspecified atom stereocenters. The lowest BCUT2D eigenvalue weighted by Crippen LogP contribution is -2.20. The Labute approximate surface area is 137 Å². The van der Waals surface area contributed by atoms with Crippen molar-refractivity contribution in [2.24, 2.45) is 0 Å². The molecule has 118 valence electrons. The van der Waals surface area contributed by atoms with Gasteiger partial charge in [0, 0.05) is 30.5 Å². The predicted molar refractivity (Wildman–Crippen MR) is 89.6 cm³/mol. The summed E-state index contributed by atoms with van der Waals surface area (Å²) in [5.41, 5.74) is 2.35. The van der Waals surface area contributed by atoms with Gasteiger partial charge in [-0.2, -0.15) is 0 Å². The average molecular weight is 328 g/mol. The first-order valence-corrected chi connectivity index (χ1v) is 8.02. The van der Waals surface area contributed by atoms with Crippen molar-refractivity contribution >= 4 is 33.8 Å². The molecule has 0 aliphatic carbocycles. The summed E-state index contributed by atoms with van der Waals surface area (Å²) in [7, 11) is 1.61. The first-order chi connectivity index (χ1) is 11.1. The van der Waals surface area contributed by atoms with Crippen LogP contribution in [0.4, 0.5) is 5.69 Å². The first kappa shape index (κ1) is 15.2. The number of aromatic nitrogens is 2. The summed E-state index contributed by atoms with van der Waals surface area (Å²) in [6.45, 7) is 0. The average Bonchev–Trinajstić information content (AvgIpc) is 3.10. The van der Waals surface area contributed by atoms with E-state index in [0.29, 0.717) is 12.1 Å². The highest BCUT2D eigenvalue weighted by molar-refractivity contribution is 7.15. The standard InChI is InChI=1S/C16H16N4O2S/c1-17-14(21)8-11-2-4-12(5-3-11)18-15(22)9-13-10-20-6-7-23-16(20)19-13/h2-7,10H,8-9H2,1H3,(H,17,21)(H,18,22). The maximum absolute atomic E-state index is 12.1. The Morgan fingerprint density at radius 2 is 1.96 bits per heavy atom. The van der Waals surface area contributed by atoms with Crippen molar-refractivity contribution < 1.29 is 9.59 Å². The van der Waals surface area contributed by atoms with Gasteiger partial charge in [0.2, 0.25) is 11.8 Å². The van der Waals surface area contributed by atoms with Crippen LogP contribution in [-0.4, -0.2) is 28.2 Å². The number of carbonyl (C=O) groups is 2. The second kappa shape index (κ2) is 6.62. The normalized spacial score (nSPS) is 10.7. The summed E-state index contributed by atoms with van der Waals surface area (Å²) in [5.74, 6) is -0.156. The highest BCUT2D eigenvalue weighted by atomic mass is 32.1. The van der Waals surface area contributed by atoms with Crippen molar-refractivity contribution in [3.8, 4) is 0 Å². The zero-order valence-corrected chi connectivity index (χ0v) is 13.4. The minimum atomic E-state index is -0.116. The summed E-state index contributed by atoms with van der Waals surface area (Å²) < 4.78 is 1.90. The van der Waals surface area contributed by atoms with Gasteiger partial charge >= 0.3 is 0 Å². The SMILES string of the molecule is CNC(=O)Cc1ccc(NC(=O)Cc2cn3ccsc3n2)cc1. The fourth-order valence-electron chi connectivity index (χ4n) is 2.21. The number of likely N-dealkylation sites (N-methyl/N-ethyl adjacent to an activating group) is 1. The molecule has 0 aliphatic rings. The molecular weight excluding hydrogens is 312 g/mol. The van der Waals surface area contributed by atoms with Crippen molar-refractivity contribution in [1.82, 2.24) is 14.7 Å². The Kier molecular flexibility index (Phi) is 4.38. The summed E-state index contributed by atoms with van der Waals surface area (Å²) >= 11 is 1.53. The number of hydrogen-bond donors (Lipinski definition) is 2. The van der Waals surface area contributed by atoms with Gasteiger partial charge in [0.25, 0.3) is 0 Å². The van der Waals surface area contributed by atoms with Crippen LogP contribution in [0.1, 0.15) is 11.3 Å². The molecule has 0 spiro atoms. The molecule has 0 fully saturated rings. The number of nitrogens with one attached hydrogen (secondary N) is 2. The van der Waals surface area contributed by atoms with Gasteiger partial charge in [-0.25, -0.2) is 4.98 Å². The topological polar surface area (TPSA) is 75.5 Å². The van der Waals surface area contributed by atoms with Crippen molar-refractivity contribution in [2.75, 3.05) is 12.4 Å². The molecule has 3 rings (SSSR count). The molecule has 2 N–H and O–H groups in total. The molecule has 2 aromatic heterocycles. The van der Waals surface area contributed by atoms with E-state index in [4.69, 9.17) is 0 Å². The Bertz CT molecular complexity index is 807. The molecule has 0 atom stereocenters. The van der Waals surface area contributed by atoms with Gasteiger partial charge < -0.3 is 10.6 Å². The Morgan fingerprint density at radius 1 is 1.17 bits per heavy atom. The maximum atomic E-state index is 12.1. The number of anilines is 1. The number of rotatable bonds is 5. The lowest BCUT2D eigenvalue weighted by atomic mass is 10.1. The number of benzene rings is 1. The Morgan fingerprint density at radius 3 is 2.65 bits per heavy atom. The van der Waals surface area contributed by atoms with Crippen LogP contribution in [0.25, 0.3) is 4.96 Å². The fourth-order valence-corrected chi connectivity index (χ4v) is 2.93. The lowest BCUT2D eigenvalue weighted by Gasteiger charge is -2.05. The largest absolute Gasteiger partial charge is 0.359 e. The number of nitrogens with zero attached hydrogens (tertiary/aromatic N) is 2. The zero-order chi connectivity index (χ0) is 16.2. The molecule has 0 saturated heterocycles. The summed E-state index contributed by atoms with van der Waals surface area (Å²) in [6, 6.07) is 7.25. The van der Waals surface area contributed by atoms with E-state index in [1.54, 1.807) is 19.2 Å². The Balaban J connectivity index is 1.58. The molecule has 3 aromatic rings. The van der Waals surface area contributed by atoms with Crippen LogP contribution in [0.2, 0.25) is 0 Å². The second-order valence-corrected chi connectivity index (χ2v) is 5.97. The number of carbonyl (C=O) groups excluding carboxylic acids is 2. The molecule has 1 aromatic carbocycles. The smallest absolute Gasteiger partial charge is 0.230 e. The number of imidazole rings is 1. The van der Waals surface area contributed by atoms with Gasteiger partial charge in [-0.05, 0) is 17.7 Å². The Hall–Kier alpha value is -2.67. The molecule has 2 amide bonds. The van der Waals surface area contributed by atoms with E-state index in [1.807, 2.05) is 34.3 Å². The van der Waals surface area contributed by atoms with Crippen LogP contribution in [0.5, 0.6) is 0 Å². The summed E-state index contributed by atoms with van der Waals surface area (Å²) in [6.07, 6.45) is 4.34. The van der Waals surface area contributed by atoms with Crippen molar-refractivity contribution in [1.29, 1.82) is 0 Å². The van der Waals surface area contributed by atoms with Crippen molar-refractivity contribution in [3.63, 3.8) is 0 Å². The third-order valence-electron chi connectivity index (χ3n) is 3.37. The maximum Gasteiger partial charge on any atom is 0.230 e. The monoisotopic (exact) mass is 328 g/mol. The van der Waals surface area contributed by atoms with E-state index in [-0.39, 0.29) is 18.2 Å². The molecule has 0 bridgehead atoms. The van der Waals surface area contributed by atoms with Gasteiger partial charge in [-0.15, -0.1) is 11.3 Å². The molecule has 23 heavy (non-hydrogen) atoms. The van der Waals surface area contributed by atoms with Gasteiger partial charge in [0.1, 0.15) is 0 Å². The molecule has 0 aliphatic heterocycles. The molecular formula is C16H16N4O2S. The van der Waals surface area contributed by atoms with E-state index in [9.17, 15) is 9.59 Å². The van der Waals surface area contributed by atoms with Crippen molar-refractivity contribution in [2.45, 2.75) is 12.8 Å². The fraction of sp³-hybridized carbons (Fsp3) is 0.188. The van der Waals surface area contributed by atoms with Crippen LogP contribution in [0.3, 0.4) is 0 Å². The van der Waals surface area contributed by atoms with E-state index in [1.165, 1.54) is 11.3 Å². The van der Waals surface area contributed by atoms with Crippen molar-refractivity contribution in [3.05, 3.63) is 53.3 Å². The van der Waals surface area contributed by atoms with Crippen LogP contribution in [0.15, 0.2) is 42.0 Å². The first-order valence-electron chi connectivity index (χ1n) is 7.14. The third-order valence-corrected chi connectivity index (χ3v) is 4.14. The number of amides is 2. The molecule has 0 saturated carbocycles. The van der Waals surface area contributed by atoms with E-state index in [2.05, 4.69) is 15.6 Å². The third kappa shape index (κ3) is 3.75. The second-order valence-electron chi connectivity index (χ2n) is 5.10.